The van der Waals surface area contributed by atoms with E-state index in [1.54, 1.807) is 30.3 Å². The zero-order valence-corrected chi connectivity index (χ0v) is 29.2. The minimum absolute atomic E-state index is 0.206. The van der Waals surface area contributed by atoms with Gasteiger partial charge in [-0.15, -0.1) is 10.2 Å². The van der Waals surface area contributed by atoms with Crippen LogP contribution in [-0.4, -0.2) is 73.3 Å². The van der Waals surface area contributed by atoms with Crippen LogP contribution in [0.4, 0.5) is 16.3 Å². The zero-order valence-electron chi connectivity index (χ0n) is 29.2. The largest absolute Gasteiger partial charge is 0.483 e. The highest BCUT2D eigenvalue weighted by Crippen LogP contribution is 2.32. The van der Waals surface area contributed by atoms with Gasteiger partial charge in [-0.05, 0) is 118 Å². The molecule has 1 aliphatic carbocycles. The molecule has 0 spiro atoms. The van der Waals surface area contributed by atoms with Crippen molar-refractivity contribution >= 4 is 35.9 Å². The number of nitrogens with one attached hydrogen (secondary N) is 2. The van der Waals surface area contributed by atoms with Gasteiger partial charge in [0.1, 0.15) is 11.4 Å². The highest BCUT2D eigenvalue weighted by molar-refractivity contribution is 6.17. The second-order valence-corrected chi connectivity index (χ2v) is 13.4. The van der Waals surface area contributed by atoms with Crippen LogP contribution in [0.2, 0.25) is 0 Å². The van der Waals surface area contributed by atoms with Gasteiger partial charge in [-0.1, -0.05) is 24.3 Å². The Kier molecular flexibility index (Phi) is 12.9. The number of aromatic amines is 1. The van der Waals surface area contributed by atoms with Crippen molar-refractivity contribution in [3.8, 4) is 22.5 Å². The molecule has 270 valence electrons. The van der Waals surface area contributed by atoms with Crippen molar-refractivity contribution in [2.75, 3.05) is 17.2 Å². The lowest BCUT2D eigenvalue weighted by atomic mass is 9.81. The topological polar surface area (TPSA) is 232 Å². The van der Waals surface area contributed by atoms with Gasteiger partial charge in [-0.25, -0.2) is 14.7 Å². The number of hydrogen-bond donors (Lipinski definition) is 5. The molecule has 2 heterocycles. The number of nitrogens with zero attached hydrogens (tertiary/aromatic N) is 5. The first-order chi connectivity index (χ1) is 24.3. The number of amides is 3. The van der Waals surface area contributed by atoms with Crippen LogP contribution in [0.15, 0.2) is 60.7 Å². The average molecular weight is 700 g/mol. The molecule has 1 saturated carbocycles. The number of benzene rings is 2. The quantitative estimate of drug-likeness (QED) is 0.154. The standard InChI is InChI=1S/C35H43N9O4.CH2O2/c1-21-28(17-18-30(37)39-21)24-9-5-22(6-10-24)19-29(36)33(46)44(27-15-13-25(14-16-27)31-40-42-43-41-31)32(45)26-11-7-23(8-12-26)20-38-34(47)48-35(2,3)4;2-1-3/h5-6,9-10,13-18,23,26,29H,7-8,11-12,19-20,36H2,1-4H3,(H2,37,39)(H,38,47)(H,40,41,42,43);1H,(H,2,3)/t23?,26?,29-;/m0./s1. The van der Waals surface area contributed by atoms with Crippen LogP contribution in [0.3, 0.4) is 0 Å². The number of carbonyl (C=O) groups is 4. The number of carboxylic acid groups (broad SMARTS) is 1. The minimum atomic E-state index is -0.967. The van der Waals surface area contributed by atoms with Gasteiger partial charge in [0.15, 0.2) is 0 Å². The van der Waals surface area contributed by atoms with Gasteiger partial charge in [0.2, 0.25) is 11.7 Å². The molecule has 1 atom stereocenters. The summed E-state index contributed by atoms with van der Waals surface area (Å²) in [4.78, 5) is 54.2. The Morgan fingerprint density at radius 1 is 1.02 bits per heavy atom. The first-order valence-corrected chi connectivity index (χ1v) is 16.6. The Morgan fingerprint density at radius 3 is 2.22 bits per heavy atom. The van der Waals surface area contributed by atoms with Crippen LogP contribution in [0.1, 0.15) is 57.7 Å². The van der Waals surface area contributed by atoms with Gasteiger partial charge < -0.3 is 26.6 Å². The van der Waals surface area contributed by atoms with Crippen LogP contribution < -0.4 is 21.7 Å². The predicted octanol–water partition coefficient (Wildman–Crippen LogP) is 4.28. The molecule has 2 aromatic carbocycles. The van der Waals surface area contributed by atoms with Crippen molar-refractivity contribution < 1.29 is 29.0 Å². The number of aryl methyl sites for hydroxylation is 1. The number of H-pyrrole nitrogens is 1. The summed E-state index contributed by atoms with van der Waals surface area (Å²) in [5, 5.41) is 23.8. The van der Waals surface area contributed by atoms with Crippen molar-refractivity contribution in [2.24, 2.45) is 17.6 Å². The van der Waals surface area contributed by atoms with Crippen LogP contribution in [-0.2, 0) is 25.5 Å². The Morgan fingerprint density at radius 2 is 1.65 bits per heavy atom. The number of alkyl carbamates (subject to hydrolysis) is 1. The number of rotatable bonds is 9. The maximum Gasteiger partial charge on any atom is 0.407 e. The van der Waals surface area contributed by atoms with Crippen molar-refractivity contribution in [1.29, 1.82) is 0 Å². The first kappa shape index (κ1) is 38.1. The molecule has 7 N–H and O–H groups in total. The third-order valence-corrected chi connectivity index (χ3v) is 8.44. The average Bonchev–Trinajstić information content (AvgIpc) is 3.63. The molecule has 5 rings (SSSR count). The number of aromatic nitrogens is 5. The fourth-order valence-electron chi connectivity index (χ4n) is 5.96. The van der Waals surface area contributed by atoms with E-state index in [1.165, 1.54) is 4.90 Å². The molecule has 0 bridgehead atoms. The number of nitrogens with two attached hydrogens (primary N) is 2. The number of carbonyl (C=O) groups excluding carboxylic acids is 3. The summed E-state index contributed by atoms with van der Waals surface area (Å²) >= 11 is 0. The van der Waals surface area contributed by atoms with E-state index < -0.39 is 23.6 Å². The van der Waals surface area contributed by atoms with Crippen LogP contribution in [0.5, 0.6) is 0 Å². The number of pyridine rings is 1. The highest BCUT2D eigenvalue weighted by atomic mass is 16.6. The van der Waals surface area contributed by atoms with Crippen LogP contribution in [0, 0.1) is 18.8 Å². The van der Waals surface area contributed by atoms with E-state index in [0.717, 1.165) is 35.2 Å². The molecule has 3 amide bonds. The van der Waals surface area contributed by atoms with E-state index in [0.29, 0.717) is 42.3 Å². The second kappa shape index (κ2) is 17.3. The lowest BCUT2D eigenvalue weighted by Crippen LogP contribution is -2.50. The van der Waals surface area contributed by atoms with E-state index in [-0.39, 0.29) is 30.6 Å². The molecule has 0 aliphatic heterocycles. The summed E-state index contributed by atoms with van der Waals surface area (Å²) in [5.41, 5.74) is 16.5. The van der Waals surface area contributed by atoms with Crippen LogP contribution in [0.25, 0.3) is 22.5 Å². The molecular weight excluding hydrogens is 654 g/mol. The number of hydrogen-bond acceptors (Lipinski definition) is 11. The molecular formula is C36H45N9O6. The number of nitrogen functional groups attached to an aromatic ring is 1. The Hall–Kier alpha value is -5.70. The third kappa shape index (κ3) is 10.6. The second-order valence-electron chi connectivity index (χ2n) is 13.4. The molecule has 15 heteroatoms. The summed E-state index contributed by atoms with van der Waals surface area (Å²) in [6.45, 7) is 7.58. The smallest absolute Gasteiger partial charge is 0.407 e. The normalized spacial score (nSPS) is 16.2. The maximum absolute atomic E-state index is 14.1. The van der Waals surface area contributed by atoms with Gasteiger partial charge in [0.05, 0.1) is 11.7 Å². The van der Waals surface area contributed by atoms with E-state index >= 15 is 0 Å². The van der Waals surface area contributed by atoms with Crippen molar-refractivity contribution in [3.63, 3.8) is 0 Å². The molecule has 4 aromatic rings. The van der Waals surface area contributed by atoms with E-state index in [4.69, 9.17) is 26.1 Å². The molecule has 0 unspecified atom stereocenters. The zero-order chi connectivity index (χ0) is 37.1. The van der Waals surface area contributed by atoms with E-state index in [2.05, 4.69) is 30.9 Å². The fourth-order valence-corrected chi connectivity index (χ4v) is 5.96. The Balaban J connectivity index is 0.00000188. The van der Waals surface area contributed by atoms with Crippen molar-refractivity contribution in [2.45, 2.75) is 71.4 Å². The third-order valence-electron chi connectivity index (χ3n) is 8.44. The number of ether oxygens (including phenoxy) is 1. The van der Waals surface area contributed by atoms with Gasteiger partial charge in [0.25, 0.3) is 12.4 Å². The van der Waals surface area contributed by atoms with Crippen LogP contribution >= 0.6 is 0 Å². The lowest BCUT2D eigenvalue weighted by Gasteiger charge is -2.32. The van der Waals surface area contributed by atoms with Gasteiger partial charge in [0, 0.05) is 29.3 Å². The Labute approximate surface area is 296 Å². The lowest BCUT2D eigenvalue weighted by molar-refractivity contribution is -0.130. The maximum atomic E-state index is 14.1. The highest BCUT2D eigenvalue weighted by Gasteiger charge is 2.35. The van der Waals surface area contributed by atoms with Crippen molar-refractivity contribution in [1.82, 2.24) is 30.9 Å². The molecule has 51 heavy (non-hydrogen) atoms. The number of imide groups is 1. The molecule has 2 aromatic heterocycles. The first-order valence-electron chi connectivity index (χ1n) is 16.6. The molecule has 0 radical (unpaired) electrons. The van der Waals surface area contributed by atoms with E-state index in [1.807, 2.05) is 58.0 Å². The monoisotopic (exact) mass is 699 g/mol. The van der Waals surface area contributed by atoms with E-state index in [9.17, 15) is 14.4 Å². The Bertz CT molecular complexity index is 1770. The van der Waals surface area contributed by atoms with Gasteiger partial charge >= 0.3 is 6.09 Å². The summed E-state index contributed by atoms with van der Waals surface area (Å²) in [5.74, 6) is -0.0742. The fraction of sp³-hybridized carbons (Fsp3) is 0.389. The summed E-state index contributed by atoms with van der Waals surface area (Å²) in [6, 6.07) is 17.4. The number of anilines is 2. The summed E-state index contributed by atoms with van der Waals surface area (Å²) < 4.78 is 5.35. The predicted molar refractivity (Wildman–Crippen MR) is 191 cm³/mol. The van der Waals surface area contributed by atoms with Gasteiger partial charge in [-0.2, -0.15) is 5.21 Å². The van der Waals surface area contributed by atoms with Crippen molar-refractivity contribution in [3.05, 3.63) is 71.9 Å². The molecule has 1 aliphatic rings. The van der Waals surface area contributed by atoms with Gasteiger partial charge in [-0.3, -0.25) is 14.4 Å². The number of tetrazole rings is 1. The molecule has 0 saturated heterocycles. The molecule has 1 fully saturated rings. The molecule has 15 nitrogen and oxygen atoms in total. The SMILES string of the molecule is Cc1nc(N)ccc1-c1ccc(C[C@H](N)C(=O)N(C(=O)C2CCC(CNC(=O)OC(C)(C)C)CC2)c2ccc(-c3nn[nH]n3)cc2)cc1.O=CO. The summed E-state index contributed by atoms with van der Waals surface area (Å²) in [6.07, 6.45) is 2.41. The summed E-state index contributed by atoms with van der Waals surface area (Å²) in [7, 11) is 0. The minimum Gasteiger partial charge on any atom is -0.483 e.